The second-order valence-corrected chi connectivity index (χ2v) is 2.06. The maximum Gasteiger partial charge on any atom is 0.194 e. The second-order valence-electron chi connectivity index (χ2n) is 2.06. The van der Waals surface area contributed by atoms with Crippen molar-refractivity contribution in [3.05, 3.63) is 24.7 Å². The van der Waals surface area contributed by atoms with Crippen molar-refractivity contribution in [2.75, 3.05) is 0 Å². The molecule has 0 aromatic heterocycles. The van der Waals surface area contributed by atoms with Gasteiger partial charge in [-0.25, -0.2) is 0 Å². The third-order valence-electron chi connectivity index (χ3n) is 1.03. The van der Waals surface area contributed by atoms with Crippen LogP contribution in [0.3, 0.4) is 0 Å². The van der Waals surface area contributed by atoms with Crippen LogP contribution in [0, 0.1) is 0 Å². The van der Waals surface area contributed by atoms with Gasteiger partial charge in [0, 0.05) is 13.8 Å². The highest BCUT2D eigenvalue weighted by molar-refractivity contribution is 5.94. The number of Topliss-reactive ketones (excluding diaryl/α,β-unsaturated/α-hetero) is 2. The van der Waals surface area contributed by atoms with Gasteiger partial charge in [0.25, 0.3) is 0 Å². The molecule has 0 unspecified atom stereocenters. The highest BCUT2D eigenvalue weighted by Crippen LogP contribution is 2.03. The first kappa shape index (κ1) is 9.62. The van der Waals surface area contributed by atoms with E-state index >= 15 is 0 Å². The summed E-state index contributed by atoms with van der Waals surface area (Å²) in [6.07, 6.45) is 0. The first-order valence-electron chi connectivity index (χ1n) is 3.02. The zero-order chi connectivity index (χ0) is 9.02. The average Bonchev–Trinajstić information content (AvgIpc) is 1.87. The molecule has 3 heteroatoms. The molecule has 0 N–H and O–H groups in total. The smallest absolute Gasteiger partial charge is 0.194 e. The van der Waals surface area contributed by atoms with Crippen LogP contribution in [0.1, 0.15) is 13.8 Å². The van der Waals surface area contributed by atoms with Gasteiger partial charge in [-0.3, -0.25) is 9.59 Å². The van der Waals surface area contributed by atoms with Crippen LogP contribution in [-0.4, -0.2) is 11.6 Å². The highest BCUT2D eigenvalue weighted by atomic mass is 16.5. The predicted octanol–water partition coefficient (Wildman–Crippen LogP) is 1.21. The number of rotatable bonds is 4. The lowest BCUT2D eigenvalue weighted by atomic mass is 10.3. The van der Waals surface area contributed by atoms with Crippen LogP contribution in [0.25, 0.3) is 0 Å². The lowest BCUT2D eigenvalue weighted by Gasteiger charge is -2.04. The molecule has 0 fully saturated rings. The van der Waals surface area contributed by atoms with Crippen LogP contribution >= 0.6 is 0 Å². The molecule has 0 saturated heterocycles. The molecule has 0 spiro atoms. The van der Waals surface area contributed by atoms with E-state index in [9.17, 15) is 9.59 Å². The van der Waals surface area contributed by atoms with Gasteiger partial charge in [-0.05, 0) is 0 Å². The minimum atomic E-state index is -0.313. The zero-order valence-corrected chi connectivity index (χ0v) is 6.64. The average molecular weight is 154 g/mol. The number of ketones is 2. The number of carbonyl (C=O) groups excluding carboxylic acids is 2. The summed E-state index contributed by atoms with van der Waals surface area (Å²) < 4.78 is 4.69. The zero-order valence-electron chi connectivity index (χ0n) is 6.64. The van der Waals surface area contributed by atoms with Gasteiger partial charge < -0.3 is 4.74 Å². The van der Waals surface area contributed by atoms with Gasteiger partial charge in [-0.2, -0.15) is 0 Å². The van der Waals surface area contributed by atoms with Crippen LogP contribution < -0.4 is 0 Å². The van der Waals surface area contributed by atoms with Crippen molar-refractivity contribution in [2.45, 2.75) is 13.8 Å². The quantitative estimate of drug-likeness (QED) is 0.451. The molecule has 0 aliphatic carbocycles. The van der Waals surface area contributed by atoms with E-state index in [1.165, 1.54) is 13.8 Å². The highest BCUT2D eigenvalue weighted by Gasteiger charge is 2.06. The molecule has 0 heterocycles. The van der Waals surface area contributed by atoms with E-state index in [4.69, 9.17) is 0 Å². The van der Waals surface area contributed by atoms with E-state index in [2.05, 4.69) is 17.9 Å². The number of hydrogen-bond acceptors (Lipinski definition) is 3. The summed E-state index contributed by atoms with van der Waals surface area (Å²) >= 11 is 0. The van der Waals surface area contributed by atoms with Gasteiger partial charge in [0.15, 0.2) is 23.1 Å². The molecule has 0 bridgehead atoms. The molecule has 0 saturated carbocycles. The monoisotopic (exact) mass is 154 g/mol. The second kappa shape index (κ2) is 3.71. The standard InChI is InChI=1S/C8H10O3/c1-5(9)7(3)11-8(4)6(2)10/h3-4H2,1-2H3. The maximum atomic E-state index is 10.5. The van der Waals surface area contributed by atoms with E-state index < -0.39 is 0 Å². The Labute approximate surface area is 65.4 Å². The van der Waals surface area contributed by atoms with Crippen molar-refractivity contribution < 1.29 is 14.3 Å². The molecule has 0 aromatic rings. The molecule has 3 nitrogen and oxygen atoms in total. The van der Waals surface area contributed by atoms with E-state index in [-0.39, 0.29) is 23.1 Å². The molecule has 0 atom stereocenters. The summed E-state index contributed by atoms with van der Waals surface area (Å²) in [6.45, 7) is 9.19. The van der Waals surface area contributed by atoms with E-state index in [0.29, 0.717) is 0 Å². The molecule has 11 heavy (non-hydrogen) atoms. The summed E-state index contributed by atoms with van der Waals surface area (Å²) in [5.41, 5.74) is 0. The molecular formula is C8H10O3. The number of carbonyl (C=O) groups is 2. The molecule has 0 aliphatic rings. The number of hydrogen-bond donors (Lipinski definition) is 0. The summed E-state index contributed by atoms with van der Waals surface area (Å²) in [6, 6.07) is 0. The largest absolute Gasteiger partial charge is 0.451 e. The summed E-state index contributed by atoms with van der Waals surface area (Å²) in [4.78, 5) is 21.0. The van der Waals surface area contributed by atoms with E-state index in [1.54, 1.807) is 0 Å². The Morgan fingerprint density at radius 1 is 1.00 bits per heavy atom. The van der Waals surface area contributed by atoms with Crippen LogP contribution in [0.2, 0.25) is 0 Å². The first-order valence-corrected chi connectivity index (χ1v) is 3.02. The summed E-state index contributed by atoms with van der Waals surface area (Å²) in [5.74, 6) is -0.754. The molecule has 0 aliphatic heterocycles. The van der Waals surface area contributed by atoms with E-state index in [0.717, 1.165) is 0 Å². The number of allylic oxidation sites excluding steroid dienone is 2. The minimum Gasteiger partial charge on any atom is -0.451 e. The van der Waals surface area contributed by atoms with Crippen molar-refractivity contribution in [1.82, 2.24) is 0 Å². The molecule has 0 radical (unpaired) electrons. The van der Waals surface area contributed by atoms with Crippen LogP contribution in [0.5, 0.6) is 0 Å². The Bertz CT molecular complexity index is 201. The SMILES string of the molecule is C=C(OC(=C)C(C)=O)C(C)=O. The first-order chi connectivity index (χ1) is 4.95. The van der Waals surface area contributed by atoms with Crippen molar-refractivity contribution in [3.8, 4) is 0 Å². The van der Waals surface area contributed by atoms with Gasteiger partial charge >= 0.3 is 0 Å². The topological polar surface area (TPSA) is 43.4 Å². The van der Waals surface area contributed by atoms with Crippen molar-refractivity contribution >= 4 is 11.6 Å². The Morgan fingerprint density at radius 2 is 1.27 bits per heavy atom. The van der Waals surface area contributed by atoms with Crippen molar-refractivity contribution in [1.29, 1.82) is 0 Å². The fraction of sp³-hybridized carbons (Fsp3) is 0.250. The Hall–Kier alpha value is -1.38. The van der Waals surface area contributed by atoms with Crippen molar-refractivity contribution in [3.63, 3.8) is 0 Å². The van der Waals surface area contributed by atoms with Crippen LogP contribution in [0.4, 0.5) is 0 Å². The normalized spacial score (nSPS) is 8.55. The van der Waals surface area contributed by atoms with Crippen LogP contribution in [-0.2, 0) is 14.3 Å². The predicted molar refractivity (Wildman–Crippen MR) is 40.7 cm³/mol. The van der Waals surface area contributed by atoms with Crippen molar-refractivity contribution in [2.24, 2.45) is 0 Å². The van der Waals surface area contributed by atoms with Gasteiger partial charge in [-0.1, -0.05) is 13.2 Å². The Balaban J connectivity index is 4.07. The fourth-order valence-electron chi connectivity index (χ4n) is 0.292. The Morgan fingerprint density at radius 3 is 1.45 bits per heavy atom. The summed E-state index contributed by atoms with van der Waals surface area (Å²) in [5, 5.41) is 0. The lowest BCUT2D eigenvalue weighted by Crippen LogP contribution is -2.04. The van der Waals surface area contributed by atoms with Gasteiger partial charge in [0.1, 0.15) is 0 Å². The minimum absolute atomic E-state index is 0.0646. The third-order valence-corrected chi connectivity index (χ3v) is 1.03. The number of ether oxygens (including phenoxy) is 1. The van der Waals surface area contributed by atoms with Gasteiger partial charge in [0.05, 0.1) is 0 Å². The lowest BCUT2D eigenvalue weighted by molar-refractivity contribution is -0.118. The van der Waals surface area contributed by atoms with Crippen LogP contribution in [0.15, 0.2) is 24.7 Å². The maximum absolute atomic E-state index is 10.5. The Kier molecular flexibility index (Phi) is 3.24. The van der Waals surface area contributed by atoms with E-state index in [1.807, 2.05) is 0 Å². The van der Waals surface area contributed by atoms with Gasteiger partial charge in [-0.15, -0.1) is 0 Å². The molecule has 0 rings (SSSR count). The molecule has 0 aromatic carbocycles. The van der Waals surface area contributed by atoms with Gasteiger partial charge in [0.2, 0.25) is 0 Å². The fourth-order valence-corrected chi connectivity index (χ4v) is 0.292. The third kappa shape index (κ3) is 3.35. The molecule has 60 valence electrons. The molecule has 0 amide bonds. The molecular weight excluding hydrogens is 144 g/mol. The summed E-state index contributed by atoms with van der Waals surface area (Å²) in [7, 11) is 0.